The number of anilines is 1. The van der Waals surface area contributed by atoms with Crippen molar-refractivity contribution < 1.29 is 19.4 Å². The third-order valence-electron chi connectivity index (χ3n) is 4.33. The fourth-order valence-electron chi connectivity index (χ4n) is 2.75. The Bertz CT molecular complexity index is 827. The van der Waals surface area contributed by atoms with Gasteiger partial charge in [0.2, 0.25) is 5.91 Å². The minimum absolute atomic E-state index is 0.0804. The highest BCUT2D eigenvalue weighted by Gasteiger charge is 2.24. The van der Waals surface area contributed by atoms with Gasteiger partial charge >= 0.3 is 0 Å². The van der Waals surface area contributed by atoms with Crippen LogP contribution in [0.5, 0.6) is 5.75 Å². The predicted molar refractivity (Wildman–Crippen MR) is 119 cm³/mol. The van der Waals surface area contributed by atoms with Crippen LogP contribution in [-0.2, 0) is 9.59 Å². The molecule has 0 radical (unpaired) electrons. The van der Waals surface area contributed by atoms with Crippen molar-refractivity contribution >= 4 is 27.5 Å². The second-order valence-electron chi connectivity index (χ2n) is 7.68. The fourth-order valence-corrected chi connectivity index (χ4v) is 3.70. The van der Waals surface area contributed by atoms with E-state index in [9.17, 15) is 14.7 Å². The van der Waals surface area contributed by atoms with Crippen LogP contribution in [0.3, 0.4) is 0 Å². The van der Waals surface area contributed by atoms with Crippen LogP contribution in [0.25, 0.3) is 0 Å². The molecule has 2 aromatic carbocycles. The van der Waals surface area contributed by atoms with Gasteiger partial charge in [0, 0.05) is 5.69 Å². The highest BCUT2D eigenvalue weighted by molar-refractivity contribution is 8.32. The number of aliphatic hydroxyl groups is 1. The molecule has 0 spiro atoms. The van der Waals surface area contributed by atoms with Crippen LogP contribution in [0, 0.1) is 0 Å². The molecule has 0 bridgehead atoms. The van der Waals surface area contributed by atoms with E-state index >= 15 is 0 Å². The molecule has 6 nitrogen and oxygen atoms in total. The summed E-state index contributed by atoms with van der Waals surface area (Å²) in [5.74, 6) is -0.101. The molecule has 0 aliphatic carbocycles. The summed E-state index contributed by atoms with van der Waals surface area (Å²) < 4.78 is 5.16. The average molecular weight is 419 g/mol. The van der Waals surface area contributed by atoms with E-state index in [1.54, 1.807) is 31.4 Å². The number of carbonyl (C=O) groups excluding carboxylic acids is 2. The minimum Gasteiger partial charge on any atom is -0.497 e. The second kappa shape index (κ2) is 9.80. The zero-order chi connectivity index (χ0) is 21.6. The maximum absolute atomic E-state index is 13.0. The molecule has 2 aromatic rings. The Kier molecular flexibility index (Phi) is 7.70. The molecule has 3 N–H and O–H groups in total. The fraction of sp³-hybridized carbons (Fsp3) is 0.364. The molecule has 0 fully saturated rings. The highest BCUT2D eigenvalue weighted by atomic mass is 32.3. The van der Waals surface area contributed by atoms with Crippen LogP contribution in [-0.4, -0.2) is 48.9 Å². The van der Waals surface area contributed by atoms with E-state index in [1.165, 1.54) is 11.8 Å². The number of carbonyl (C=O) groups is 2. The standard InChI is InChI=1S/C22H30N2O4S/c1-15(25)14-20(26)24-21(16-6-10-18(28-2)11-7-16)22(27)23-17-8-12-19(13-9-17)29(3,4)5/h6-13,15,21,25H,14H2,1-5H3,(H,23,27)(H,24,26). The van der Waals surface area contributed by atoms with Crippen molar-refractivity contribution in [3.8, 4) is 5.75 Å². The first-order chi connectivity index (χ1) is 13.6. The second-order valence-corrected chi connectivity index (χ2v) is 11.8. The number of nitrogens with one attached hydrogen (secondary N) is 2. The van der Waals surface area contributed by atoms with Gasteiger partial charge in [0.25, 0.3) is 5.91 Å². The van der Waals surface area contributed by atoms with Crippen LogP contribution >= 0.6 is 10.0 Å². The lowest BCUT2D eigenvalue weighted by molar-refractivity contribution is -0.127. The van der Waals surface area contributed by atoms with E-state index < -0.39 is 28.1 Å². The number of amides is 2. The Morgan fingerprint density at radius 1 is 1.03 bits per heavy atom. The van der Waals surface area contributed by atoms with Crippen molar-refractivity contribution in [1.29, 1.82) is 0 Å². The lowest BCUT2D eigenvalue weighted by atomic mass is 10.0. The Morgan fingerprint density at radius 3 is 2.10 bits per heavy atom. The van der Waals surface area contributed by atoms with E-state index in [-0.39, 0.29) is 12.3 Å². The van der Waals surface area contributed by atoms with Crippen LogP contribution < -0.4 is 15.4 Å². The maximum Gasteiger partial charge on any atom is 0.251 e. The Hall–Kier alpha value is -2.51. The average Bonchev–Trinajstić information content (AvgIpc) is 2.65. The van der Waals surface area contributed by atoms with Crippen molar-refractivity contribution in [3.63, 3.8) is 0 Å². The van der Waals surface area contributed by atoms with Crippen LogP contribution in [0.1, 0.15) is 24.9 Å². The Balaban J connectivity index is 2.21. The minimum atomic E-state index is -0.889. The van der Waals surface area contributed by atoms with E-state index in [0.717, 1.165) is 0 Å². The third-order valence-corrected chi connectivity index (χ3v) is 6.01. The van der Waals surface area contributed by atoms with Crippen molar-refractivity contribution in [3.05, 3.63) is 54.1 Å². The Morgan fingerprint density at radius 2 is 1.62 bits per heavy atom. The molecule has 158 valence electrons. The van der Waals surface area contributed by atoms with Gasteiger partial charge in [-0.3, -0.25) is 9.59 Å². The summed E-state index contributed by atoms with van der Waals surface area (Å²) in [6, 6.07) is 13.8. The van der Waals surface area contributed by atoms with Gasteiger partial charge in [0.1, 0.15) is 11.8 Å². The van der Waals surface area contributed by atoms with Gasteiger partial charge < -0.3 is 20.5 Å². The van der Waals surface area contributed by atoms with Crippen molar-refractivity contribution in [1.82, 2.24) is 5.32 Å². The summed E-state index contributed by atoms with van der Waals surface area (Å²) in [6.07, 6.45) is 5.75. The van der Waals surface area contributed by atoms with Gasteiger partial charge in [0.15, 0.2) is 0 Å². The molecule has 0 heterocycles. The van der Waals surface area contributed by atoms with Crippen LogP contribution in [0.15, 0.2) is 53.4 Å². The first-order valence-corrected chi connectivity index (χ1v) is 12.2. The zero-order valence-electron chi connectivity index (χ0n) is 17.6. The molecule has 29 heavy (non-hydrogen) atoms. The predicted octanol–water partition coefficient (Wildman–Crippen LogP) is 3.32. The number of aliphatic hydroxyl groups excluding tert-OH is 1. The quantitative estimate of drug-likeness (QED) is 0.614. The largest absolute Gasteiger partial charge is 0.497 e. The first kappa shape index (κ1) is 22.8. The molecule has 0 aliphatic heterocycles. The molecule has 0 aliphatic rings. The molecular weight excluding hydrogens is 388 g/mol. The number of methoxy groups -OCH3 is 1. The zero-order valence-corrected chi connectivity index (χ0v) is 18.4. The monoisotopic (exact) mass is 418 g/mol. The van der Waals surface area contributed by atoms with E-state index in [2.05, 4.69) is 29.4 Å². The molecule has 2 amide bonds. The number of ether oxygens (including phenoxy) is 1. The van der Waals surface area contributed by atoms with Gasteiger partial charge in [-0.1, -0.05) is 12.1 Å². The molecule has 2 atom stereocenters. The SMILES string of the molecule is COc1ccc(C(NC(=O)CC(C)O)C(=O)Nc2ccc(S(C)(C)C)cc2)cc1. The summed E-state index contributed by atoms with van der Waals surface area (Å²) >= 11 is 0. The van der Waals surface area contributed by atoms with Crippen LogP contribution in [0.4, 0.5) is 5.69 Å². The van der Waals surface area contributed by atoms with Crippen molar-refractivity contribution in [2.24, 2.45) is 0 Å². The van der Waals surface area contributed by atoms with E-state index in [4.69, 9.17) is 4.74 Å². The molecule has 0 saturated heterocycles. The number of hydrogen-bond acceptors (Lipinski definition) is 4. The molecule has 0 saturated carbocycles. The van der Waals surface area contributed by atoms with E-state index in [1.807, 2.05) is 24.3 Å². The Labute approximate surface area is 174 Å². The smallest absolute Gasteiger partial charge is 0.251 e. The number of rotatable bonds is 8. The van der Waals surface area contributed by atoms with Gasteiger partial charge in [-0.05, 0) is 72.5 Å². The lowest BCUT2D eigenvalue weighted by Crippen LogP contribution is -2.38. The summed E-state index contributed by atoms with van der Waals surface area (Å²) in [4.78, 5) is 26.4. The molecule has 7 heteroatoms. The lowest BCUT2D eigenvalue weighted by Gasteiger charge is -2.26. The molecule has 2 rings (SSSR count). The van der Waals surface area contributed by atoms with Crippen molar-refractivity contribution in [2.75, 3.05) is 31.2 Å². The van der Waals surface area contributed by atoms with Gasteiger partial charge in [-0.15, -0.1) is 0 Å². The summed E-state index contributed by atoms with van der Waals surface area (Å²) in [5, 5.41) is 15.0. The highest BCUT2D eigenvalue weighted by Crippen LogP contribution is 2.45. The third kappa shape index (κ3) is 6.80. The topological polar surface area (TPSA) is 87.7 Å². The first-order valence-electron chi connectivity index (χ1n) is 9.31. The van der Waals surface area contributed by atoms with Crippen LogP contribution in [0.2, 0.25) is 0 Å². The molecule has 2 unspecified atom stereocenters. The molecular formula is C22H30N2O4S. The van der Waals surface area contributed by atoms with Gasteiger partial charge in [-0.2, -0.15) is 0 Å². The normalized spacial score (nSPS) is 13.9. The summed E-state index contributed by atoms with van der Waals surface area (Å²) in [5.41, 5.74) is 1.28. The summed E-state index contributed by atoms with van der Waals surface area (Å²) in [6.45, 7) is 1.53. The van der Waals surface area contributed by atoms with Crippen molar-refractivity contribution in [2.45, 2.75) is 30.4 Å². The number of benzene rings is 2. The van der Waals surface area contributed by atoms with Gasteiger partial charge in [-0.25, -0.2) is 10.0 Å². The molecule has 0 aromatic heterocycles. The summed E-state index contributed by atoms with van der Waals surface area (Å²) in [7, 11) is 0.715. The van der Waals surface area contributed by atoms with E-state index in [0.29, 0.717) is 17.0 Å². The number of hydrogen-bond donors (Lipinski definition) is 3. The maximum atomic E-state index is 13.0. The van der Waals surface area contributed by atoms with Gasteiger partial charge in [0.05, 0.1) is 19.6 Å².